The van der Waals surface area contributed by atoms with Crippen molar-refractivity contribution >= 4 is 5.97 Å². The van der Waals surface area contributed by atoms with Crippen LogP contribution in [-0.2, 0) is 4.79 Å². The molecule has 70 valence electrons. The third-order valence-electron chi connectivity index (χ3n) is 1.59. The zero-order valence-electron chi connectivity index (χ0n) is 6.57. The van der Waals surface area contributed by atoms with Crippen LogP contribution in [0.25, 0.3) is 0 Å². The van der Waals surface area contributed by atoms with Gasteiger partial charge in [-0.15, -0.1) is 0 Å². The van der Waals surface area contributed by atoms with Gasteiger partial charge in [0.25, 0.3) is 0 Å². The molecule has 5 heteroatoms. The van der Waals surface area contributed by atoms with E-state index in [1.54, 1.807) is 0 Å². The number of carboxylic acid groups (broad SMARTS) is 1. The normalized spacial score (nSPS) is 12.5. The van der Waals surface area contributed by atoms with Crippen molar-refractivity contribution < 1.29 is 19.4 Å². The maximum atomic E-state index is 12.6. The topological polar surface area (TPSA) is 83.6 Å². The minimum Gasteiger partial charge on any atom is -0.508 e. The van der Waals surface area contributed by atoms with E-state index in [0.717, 1.165) is 18.2 Å². The number of halogens is 1. The summed E-state index contributed by atoms with van der Waals surface area (Å²) in [5, 5.41) is 17.6. The van der Waals surface area contributed by atoms with Gasteiger partial charge in [0.2, 0.25) is 0 Å². The summed E-state index contributed by atoms with van der Waals surface area (Å²) in [6, 6.07) is 1.57. The summed E-state index contributed by atoms with van der Waals surface area (Å²) < 4.78 is 12.6. The molecule has 0 unspecified atom stereocenters. The molecule has 1 atom stereocenters. The van der Waals surface area contributed by atoms with Crippen molar-refractivity contribution in [3.63, 3.8) is 0 Å². The quantitative estimate of drug-likeness (QED) is 0.630. The molecule has 0 amide bonds. The summed E-state index contributed by atoms with van der Waals surface area (Å²) >= 11 is 0. The van der Waals surface area contributed by atoms with Crippen LogP contribution < -0.4 is 5.73 Å². The van der Waals surface area contributed by atoms with Crippen LogP contribution in [0.1, 0.15) is 11.6 Å². The molecule has 0 fully saturated rings. The highest BCUT2D eigenvalue weighted by molar-refractivity contribution is 5.76. The molecular formula is C8H8FNO3. The number of carboxylic acids is 1. The van der Waals surface area contributed by atoms with Crippen LogP contribution in [-0.4, -0.2) is 16.2 Å². The van der Waals surface area contributed by atoms with E-state index in [1.165, 1.54) is 0 Å². The highest BCUT2D eigenvalue weighted by atomic mass is 19.1. The van der Waals surface area contributed by atoms with Gasteiger partial charge in [-0.25, -0.2) is 4.39 Å². The molecule has 0 saturated heterocycles. The Balaban J connectivity index is 3.12. The van der Waals surface area contributed by atoms with Crippen LogP contribution in [0.5, 0.6) is 5.75 Å². The molecule has 0 saturated carbocycles. The molecule has 1 aromatic rings. The average molecular weight is 185 g/mol. The zero-order chi connectivity index (χ0) is 10.0. The van der Waals surface area contributed by atoms with E-state index in [1.807, 2.05) is 0 Å². The molecule has 13 heavy (non-hydrogen) atoms. The second-order valence-corrected chi connectivity index (χ2v) is 2.52. The Bertz CT molecular complexity index is 340. The van der Waals surface area contributed by atoms with Crippen LogP contribution in [0.4, 0.5) is 4.39 Å². The lowest BCUT2D eigenvalue weighted by atomic mass is 10.1. The van der Waals surface area contributed by atoms with Gasteiger partial charge in [-0.3, -0.25) is 4.79 Å². The molecule has 1 aromatic carbocycles. The predicted octanol–water partition coefficient (Wildman–Crippen LogP) is 0.616. The fraction of sp³-hybridized carbons (Fsp3) is 0.125. The molecular weight excluding hydrogens is 177 g/mol. The second-order valence-electron chi connectivity index (χ2n) is 2.52. The summed E-state index contributed by atoms with van der Waals surface area (Å²) in [6.45, 7) is 0. The maximum Gasteiger partial charge on any atom is 0.325 e. The Hall–Kier alpha value is -1.62. The van der Waals surface area contributed by atoms with Crippen molar-refractivity contribution in [3.05, 3.63) is 29.6 Å². The standard InChI is InChI=1S/C8H8FNO3/c9-4-1-2-6(11)5(3-4)7(10)8(12)13/h1-3,7,11H,10H2,(H,12,13)/t7-/m1/s1. The van der Waals surface area contributed by atoms with Crippen LogP contribution in [0, 0.1) is 5.82 Å². The molecule has 4 nitrogen and oxygen atoms in total. The predicted molar refractivity (Wildman–Crippen MR) is 42.6 cm³/mol. The Morgan fingerprint density at radius 2 is 2.15 bits per heavy atom. The van der Waals surface area contributed by atoms with Gasteiger partial charge in [0.05, 0.1) is 0 Å². The lowest BCUT2D eigenvalue weighted by Gasteiger charge is -2.08. The number of aromatic hydroxyl groups is 1. The van der Waals surface area contributed by atoms with Gasteiger partial charge in [0.15, 0.2) is 0 Å². The van der Waals surface area contributed by atoms with Gasteiger partial charge in [-0.05, 0) is 18.2 Å². The molecule has 4 N–H and O–H groups in total. The van der Waals surface area contributed by atoms with E-state index in [9.17, 15) is 9.18 Å². The van der Waals surface area contributed by atoms with Gasteiger partial charge in [-0.2, -0.15) is 0 Å². The minimum absolute atomic E-state index is 0.132. The van der Waals surface area contributed by atoms with Crippen LogP contribution >= 0.6 is 0 Å². The first-order chi connectivity index (χ1) is 6.02. The Kier molecular flexibility index (Phi) is 2.48. The lowest BCUT2D eigenvalue weighted by Crippen LogP contribution is -2.20. The summed E-state index contributed by atoms with van der Waals surface area (Å²) in [4.78, 5) is 10.4. The third kappa shape index (κ3) is 1.94. The Labute approximate surface area is 73.4 Å². The number of rotatable bonds is 2. The number of aliphatic carboxylic acids is 1. The number of nitrogens with two attached hydrogens (primary N) is 1. The van der Waals surface area contributed by atoms with Crippen molar-refractivity contribution in [2.24, 2.45) is 5.73 Å². The molecule has 0 aliphatic heterocycles. The van der Waals surface area contributed by atoms with E-state index in [0.29, 0.717) is 0 Å². The summed E-state index contributed by atoms with van der Waals surface area (Å²) in [5.41, 5.74) is 5.05. The SMILES string of the molecule is N[C@@H](C(=O)O)c1cc(F)ccc1O. The fourth-order valence-electron chi connectivity index (χ4n) is 0.908. The van der Waals surface area contributed by atoms with Gasteiger partial charge < -0.3 is 15.9 Å². The van der Waals surface area contributed by atoms with E-state index >= 15 is 0 Å². The Morgan fingerprint density at radius 1 is 1.54 bits per heavy atom. The molecule has 1 rings (SSSR count). The van der Waals surface area contributed by atoms with Crippen LogP contribution in [0.2, 0.25) is 0 Å². The largest absolute Gasteiger partial charge is 0.508 e. The van der Waals surface area contributed by atoms with Crippen molar-refractivity contribution in [3.8, 4) is 5.75 Å². The number of carbonyl (C=O) groups is 1. The van der Waals surface area contributed by atoms with Gasteiger partial charge in [0, 0.05) is 5.56 Å². The monoisotopic (exact) mass is 185 g/mol. The first-order valence-corrected chi connectivity index (χ1v) is 3.49. The molecule has 0 heterocycles. The van der Waals surface area contributed by atoms with Crippen molar-refractivity contribution in [1.82, 2.24) is 0 Å². The molecule has 0 aliphatic carbocycles. The number of phenols is 1. The molecule has 0 spiro atoms. The summed E-state index contributed by atoms with van der Waals surface area (Å²) in [7, 11) is 0. The molecule has 0 bridgehead atoms. The summed E-state index contributed by atoms with van der Waals surface area (Å²) in [6.07, 6.45) is 0. The van der Waals surface area contributed by atoms with Gasteiger partial charge >= 0.3 is 5.97 Å². The number of hydrogen-bond donors (Lipinski definition) is 3. The van der Waals surface area contributed by atoms with Crippen molar-refractivity contribution in [2.45, 2.75) is 6.04 Å². The number of benzene rings is 1. The van der Waals surface area contributed by atoms with Crippen LogP contribution in [0.15, 0.2) is 18.2 Å². The molecule has 0 aromatic heterocycles. The van der Waals surface area contributed by atoms with Gasteiger partial charge in [0.1, 0.15) is 17.6 Å². The Morgan fingerprint density at radius 3 is 2.69 bits per heavy atom. The van der Waals surface area contributed by atoms with E-state index < -0.39 is 17.8 Å². The second kappa shape index (κ2) is 3.40. The van der Waals surface area contributed by atoms with Crippen LogP contribution in [0.3, 0.4) is 0 Å². The molecule has 0 radical (unpaired) electrons. The number of hydrogen-bond acceptors (Lipinski definition) is 3. The highest BCUT2D eigenvalue weighted by Crippen LogP contribution is 2.23. The third-order valence-corrected chi connectivity index (χ3v) is 1.59. The van der Waals surface area contributed by atoms with Crippen molar-refractivity contribution in [2.75, 3.05) is 0 Å². The van der Waals surface area contributed by atoms with E-state index in [-0.39, 0.29) is 11.3 Å². The first kappa shape index (κ1) is 9.47. The average Bonchev–Trinajstić information content (AvgIpc) is 2.08. The van der Waals surface area contributed by atoms with Gasteiger partial charge in [-0.1, -0.05) is 0 Å². The smallest absolute Gasteiger partial charge is 0.325 e. The van der Waals surface area contributed by atoms with E-state index in [2.05, 4.69) is 0 Å². The fourth-order valence-corrected chi connectivity index (χ4v) is 0.908. The van der Waals surface area contributed by atoms with Crippen molar-refractivity contribution in [1.29, 1.82) is 0 Å². The first-order valence-electron chi connectivity index (χ1n) is 3.49. The zero-order valence-corrected chi connectivity index (χ0v) is 6.57. The maximum absolute atomic E-state index is 12.6. The molecule has 0 aliphatic rings. The minimum atomic E-state index is -1.41. The van der Waals surface area contributed by atoms with E-state index in [4.69, 9.17) is 15.9 Å². The lowest BCUT2D eigenvalue weighted by molar-refractivity contribution is -0.138. The highest BCUT2D eigenvalue weighted by Gasteiger charge is 2.18. The number of phenolic OH excluding ortho intramolecular Hbond substituents is 1. The summed E-state index contributed by atoms with van der Waals surface area (Å²) in [5.74, 6) is -2.28.